The van der Waals surface area contributed by atoms with Crippen molar-refractivity contribution in [1.29, 1.82) is 0 Å². The van der Waals surface area contributed by atoms with Gasteiger partial charge in [0.25, 0.3) is 5.91 Å². The quantitative estimate of drug-likeness (QED) is 0.806. The van der Waals surface area contributed by atoms with Crippen LogP contribution in [0.15, 0.2) is 17.2 Å². The number of nitrogens with zero attached hydrogens (tertiary/aromatic N) is 2. The lowest BCUT2D eigenvalue weighted by molar-refractivity contribution is 0.0992. The van der Waals surface area contributed by atoms with Crippen LogP contribution in [0.25, 0.3) is 0 Å². The first kappa shape index (κ1) is 16.0. The monoisotopic (exact) mass is 314 g/mol. The Balaban J connectivity index is 2.36. The largest absolute Gasteiger partial charge is 0.364 e. The van der Waals surface area contributed by atoms with Gasteiger partial charge in [-0.15, -0.1) is 0 Å². The van der Waals surface area contributed by atoms with E-state index in [1.165, 1.54) is 21.1 Å². The number of carbonyl (C=O) groups is 1. The normalized spacial score (nSPS) is 24.1. The first-order valence-electron chi connectivity index (χ1n) is 6.95. The number of nitrogens with two attached hydrogens (primary N) is 2. The minimum Gasteiger partial charge on any atom is -0.364 e. The molecule has 2 atom stereocenters. The number of primary amides is 1. The van der Waals surface area contributed by atoms with Crippen molar-refractivity contribution in [3.05, 3.63) is 18.0 Å². The van der Waals surface area contributed by atoms with Crippen LogP contribution in [0.5, 0.6) is 0 Å². The highest BCUT2D eigenvalue weighted by Gasteiger charge is 2.35. The first-order valence-corrected chi connectivity index (χ1v) is 8.39. The van der Waals surface area contributed by atoms with Crippen LogP contribution in [-0.4, -0.2) is 42.3 Å². The van der Waals surface area contributed by atoms with E-state index in [0.717, 1.165) is 12.8 Å². The fourth-order valence-corrected chi connectivity index (χ4v) is 4.54. The molecule has 7 nitrogen and oxygen atoms in total. The summed E-state index contributed by atoms with van der Waals surface area (Å²) in [5.74, 6) is -0.472. The van der Waals surface area contributed by atoms with E-state index >= 15 is 0 Å². The zero-order valence-electron chi connectivity index (χ0n) is 12.3. The third-order valence-corrected chi connectivity index (χ3v) is 6.04. The summed E-state index contributed by atoms with van der Waals surface area (Å²) in [6.45, 7) is 2.78. The summed E-state index contributed by atoms with van der Waals surface area (Å²) in [5, 5.41) is 0. The maximum Gasteiger partial charge on any atom is 0.265 e. The molecule has 0 saturated carbocycles. The average molecular weight is 314 g/mol. The number of sulfonamides is 1. The van der Waals surface area contributed by atoms with Crippen LogP contribution in [-0.2, 0) is 17.1 Å². The van der Waals surface area contributed by atoms with Crippen molar-refractivity contribution in [3.8, 4) is 0 Å². The molecule has 1 aliphatic heterocycles. The van der Waals surface area contributed by atoms with E-state index in [1.54, 1.807) is 7.05 Å². The molecule has 1 aromatic heterocycles. The van der Waals surface area contributed by atoms with Crippen LogP contribution in [0.2, 0.25) is 0 Å². The minimum absolute atomic E-state index is 0.0740. The summed E-state index contributed by atoms with van der Waals surface area (Å²) >= 11 is 0. The van der Waals surface area contributed by atoms with Crippen LogP contribution in [0, 0.1) is 5.92 Å². The standard InChI is InChI=1S/C13H22N4O3S/c1-9-3-4-10(6-14)7-17(9)21(19,20)11-5-12(13(15)18)16(2)8-11/h5,8-10H,3-4,6-7,14H2,1-2H3,(H2,15,18). The van der Waals surface area contributed by atoms with Gasteiger partial charge in [-0.3, -0.25) is 4.79 Å². The summed E-state index contributed by atoms with van der Waals surface area (Å²) < 4.78 is 28.4. The molecule has 1 fully saturated rings. The highest BCUT2D eigenvalue weighted by atomic mass is 32.2. The summed E-state index contributed by atoms with van der Waals surface area (Å²) in [6.07, 6.45) is 3.15. The molecule has 0 aromatic carbocycles. The second kappa shape index (κ2) is 5.78. The SMILES string of the molecule is CC1CCC(CN)CN1S(=O)(=O)c1cc(C(N)=O)n(C)c1. The van der Waals surface area contributed by atoms with Crippen LogP contribution in [0.3, 0.4) is 0 Å². The third kappa shape index (κ3) is 2.97. The molecular formula is C13H22N4O3S. The molecule has 0 radical (unpaired) electrons. The fraction of sp³-hybridized carbons (Fsp3) is 0.615. The van der Waals surface area contributed by atoms with Gasteiger partial charge in [0.15, 0.2) is 0 Å². The van der Waals surface area contributed by atoms with Crippen molar-refractivity contribution >= 4 is 15.9 Å². The lowest BCUT2D eigenvalue weighted by Gasteiger charge is -2.36. The molecule has 0 bridgehead atoms. The van der Waals surface area contributed by atoms with Crippen LogP contribution in [0.4, 0.5) is 0 Å². The highest BCUT2D eigenvalue weighted by Crippen LogP contribution is 2.28. The molecule has 118 valence electrons. The summed E-state index contributed by atoms with van der Waals surface area (Å²) in [5.41, 5.74) is 11.1. The predicted molar refractivity (Wildman–Crippen MR) is 79.1 cm³/mol. The first-order chi connectivity index (χ1) is 9.77. The van der Waals surface area contributed by atoms with Gasteiger partial charge in [-0.05, 0) is 38.3 Å². The molecule has 2 unspecified atom stereocenters. The molecule has 4 N–H and O–H groups in total. The van der Waals surface area contributed by atoms with Gasteiger partial charge in [-0.2, -0.15) is 4.31 Å². The molecule has 1 aromatic rings. The number of rotatable bonds is 4. The molecule has 1 amide bonds. The van der Waals surface area contributed by atoms with Gasteiger partial charge in [-0.1, -0.05) is 0 Å². The highest BCUT2D eigenvalue weighted by molar-refractivity contribution is 7.89. The fourth-order valence-electron chi connectivity index (χ4n) is 2.73. The van der Waals surface area contributed by atoms with Crippen molar-refractivity contribution < 1.29 is 13.2 Å². The van der Waals surface area contributed by atoms with Crippen LogP contribution >= 0.6 is 0 Å². The summed E-state index contributed by atoms with van der Waals surface area (Å²) in [6, 6.07) is 1.26. The van der Waals surface area contributed by atoms with E-state index < -0.39 is 15.9 Å². The van der Waals surface area contributed by atoms with Crippen molar-refractivity contribution in [2.45, 2.75) is 30.7 Å². The van der Waals surface area contributed by atoms with Crippen LogP contribution in [0.1, 0.15) is 30.3 Å². The molecule has 2 heterocycles. The molecule has 0 spiro atoms. The number of aromatic nitrogens is 1. The van der Waals surface area contributed by atoms with E-state index in [1.807, 2.05) is 6.92 Å². The maximum atomic E-state index is 12.8. The molecule has 8 heteroatoms. The average Bonchev–Trinajstić information content (AvgIpc) is 2.82. The Morgan fingerprint density at radius 3 is 2.62 bits per heavy atom. The summed E-state index contributed by atoms with van der Waals surface area (Å²) in [4.78, 5) is 11.4. The smallest absolute Gasteiger partial charge is 0.265 e. The van der Waals surface area contributed by atoms with Crippen molar-refractivity contribution in [2.75, 3.05) is 13.1 Å². The second-order valence-corrected chi connectivity index (χ2v) is 7.53. The van der Waals surface area contributed by atoms with E-state index in [9.17, 15) is 13.2 Å². The number of amides is 1. The molecular weight excluding hydrogens is 292 g/mol. The predicted octanol–water partition coefficient (Wildman–Crippen LogP) is -0.128. The minimum atomic E-state index is -3.64. The molecule has 2 rings (SSSR count). The lowest BCUT2D eigenvalue weighted by Crippen LogP contribution is -2.46. The Morgan fingerprint density at radius 2 is 2.10 bits per heavy atom. The molecule has 0 aliphatic carbocycles. The van der Waals surface area contributed by atoms with Gasteiger partial charge in [0, 0.05) is 25.8 Å². The molecule has 1 aliphatic rings. The van der Waals surface area contributed by atoms with Gasteiger partial charge in [-0.25, -0.2) is 8.42 Å². The molecule has 1 saturated heterocycles. The van der Waals surface area contributed by atoms with E-state index in [2.05, 4.69) is 0 Å². The maximum absolute atomic E-state index is 12.8. The zero-order valence-corrected chi connectivity index (χ0v) is 13.1. The van der Waals surface area contributed by atoms with Gasteiger partial charge in [0.1, 0.15) is 10.6 Å². The Bertz CT molecular complexity index is 638. The van der Waals surface area contributed by atoms with Crippen molar-refractivity contribution in [2.24, 2.45) is 24.4 Å². The summed E-state index contributed by atoms with van der Waals surface area (Å²) in [7, 11) is -2.04. The van der Waals surface area contributed by atoms with Gasteiger partial charge in [0.05, 0.1) is 0 Å². The Morgan fingerprint density at radius 1 is 1.43 bits per heavy atom. The topological polar surface area (TPSA) is 111 Å². The number of carbonyl (C=O) groups excluding carboxylic acids is 1. The van der Waals surface area contributed by atoms with E-state index in [0.29, 0.717) is 13.1 Å². The Hall–Kier alpha value is -1.38. The van der Waals surface area contributed by atoms with Gasteiger partial charge < -0.3 is 16.0 Å². The third-order valence-electron chi connectivity index (χ3n) is 4.09. The Labute approximate surface area is 124 Å². The van der Waals surface area contributed by atoms with Crippen LogP contribution < -0.4 is 11.5 Å². The molecule has 21 heavy (non-hydrogen) atoms. The van der Waals surface area contributed by atoms with Crippen molar-refractivity contribution in [3.63, 3.8) is 0 Å². The Kier molecular flexibility index (Phi) is 4.40. The van der Waals surface area contributed by atoms with Crippen molar-refractivity contribution in [1.82, 2.24) is 8.87 Å². The number of hydrogen-bond acceptors (Lipinski definition) is 4. The number of piperidine rings is 1. The number of aryl methyl sites for hydroxylation is 1. The zero-order chi connectivity index (χ0) is 15.8. The van der Waals surface area contributed by atoms with Gasteiger partial charge in [0.2, 0.25) is 10.0 Å². The van der Waals surface area contributed by atoms with E-state index in [4.69, 9.17) is 11.5 Å². The number of hydrogen-bond donors (Lipinski definition) is 2. The second-order valence-electron chi connectivity index (χ2n) is 5.64. The van der Waals surface area contributed by atoms with E-state index in [-0.39, 0.29) is 22.5 Å². The lowest BCUT2D eigenvalue weighted by atomic mass is 9.96. The van der Waals surface area contributed by atoms with Gasteiger partial charge >= 0.3 is 0 Å².